The van der Waals surface area contributed by atoms with Gasteiger partial charge in [0, 0.05) is 37.9 Å². The van der Waals surface area contributed by atoms with Crippen molar-refractivity contribution in [3.8, 4) is 0 Å². The first-order chi connectivity index (χ1) is 7.16. The van der Waals surface area contributed by atoms with Crippen LogP contribution in [0.4, 0.5) is 0 Å². The molecule has 4 nitrogen and oxygen atoms in total. The lowest BCUT2D eigenvalue weighted by Crippen LogP contribution is -2.56. The van der Waals surface area contributed by atoms with Crippen LogP contribution < -0.4 is 5.32 Å². The summed E-state index contributed by atoms with van der Waals surface area (Å²) in [5.41, 5.74) is 1.26. The molecule has 0 spiro atoms. The predicted molar refractivity (Wildman–Crippen MR) is 59.4 cm³/mol. The minimum atomic E-state index is 0.209. The van der Waals surface area contributed by atoms with E-state index in [1.54, 1.807) is 6.20 Å². The van der Waals surface area contributed by atoms with Crippen molar-refractivity contribution in [2.75, 3.05) is 19.6 Å². The Morgan fingerprint density at radius 3 is 3.07 bits per heavy atom. The summed E-state index contributed by atoms with van der Waals surface area (Å²) in [4.78, 5) is 2.42. The molecular formula is C11H18N4. The molecule has 4 heteroatoms. The normalized spacial score (nSPS) is 21.5. The van der Waals surface area contributed by atoms with Gasteiger partial charge >= 0.3 is 0 Å². The van der Waals surface area contributed by atoms with Crippen molar-refractivity contribution in [3.63, 3.8) is 0 Å². The van der Waals surface area contributed by atoms with Crippen molar-refractivity contribution < 1.29 is 0 Å². The molecule has 1 fully saturated rings. The van der Waals surface area contributed by atoms with Crippen LogP contribution in [0.15, 0.2) is 18.3 Å². The summed E-state index contributed by atoms with van der Waals surface area (Å²) in [5, 5.41) is 11.5. The van der Waals surface area contributed by atoms with Gasteiger partial charge in [-0.1, -0.05) is 0 Å². The Labute approximate surface area is 90.7 Å². The second kappa shape index (κ2) is 4.24. The average molecular weight is 206 g/mol. The van der Waals surface area contributed by atoms with Crippen molar-refractivity contribution in [2.45, 2.75) is 25.9 Å². The van der Waals surface area contributed by atoms with Crippen LogP contribution in [0, 0.1) is 0 Å². The Bertz CT molecular complexity index is 310. The molecule has 0 aliphatic carbocycles. The van der Waals surface area contributed by atoms with Crippen LogP contribution in [0.3, 0.4) is 0 Å². The minimum Gasteiger partial charge on any atom is -0.309 e. The molecule has 1 aromatic heterocycles. The molecule has 1 N–H and O–H groups in total. The topological polar surface area (TPSA) is 41.1 Å². The summed E-state index contributed by atoms with van der Waals surface area (Å²) >= 11 is 0. The summed E-state index contributed by atoms with van der Waals surface area (Å²) < 4.78 is 0. The second-order valence-corrected chi connectivity index (χ2v) is 4.74. The standard InChI is InChI=1S/C11H18N4/c1-11(2)9-15(7-6-12-11)8-10-4-3-5-13-14-10/h3-5,12H,6-9H2,1-2H3. The highest BCUT2D eigenvalue weighted by Crippen LogP contribution is 2.12. The molecular weight excluding hydrogens is 188 g/mol. The summed E-state index contributed by atoms with van der Waals surface area (Å²) in [6.07, 6.45) is 1.71. The van der Waals surface area contributed by atoms with Crippen LogP contribution in [-0.2, 0) is 6.54 Å². The van der Waals surface area contributed by atoms with E-state index in [4.69, 9.17) is 0 Å². The maximum absolute atomic E-state index is 4.11. The van der Waals surface area contributed by atoms with Crippen LogP contribution in [0.25, 0.3) is 0 Å². The van der Waals surface area contributed by atoms with Gasteiger partial charge in [0.15, 0.2) is 0 Å². The van der Waals surface area contributed by atoms with E-state index in [0.29, 0.717) is 0 Å². The zero-order chi connectivity index (χ0) is 10.7. The van der Waals surface area contributed by atoms with Gasteiger partial charge in [0.05, 0.1) is 5.69 Å². The lowest BCUT2D eigenvalue weighted by atomic mass is 10.0. The van der Waals surface area contributed by atoms with Gasteiger partial charge in [-0.25, -0.2) is 0 Å². The first-order valence-corrected chi connectivity index (χ1v) is 5.40. The fourth-order valence-corrected chi connectivity index (χ4v) is 2.03. The molecule has 1 saturated heterocycles. The number of rotatable bonds is 2. The van der Waals surface area contributed by atoms with Gasteiger partial charge in [0.2, 0.25) is 0 Å². The molecule has 82 valence electrons. The monoisotopic (exact) mass is 206 g/mol. The Balaban J connectivity index is 1.95. The minimum absolute atomic E-state index is 0.209. The van der Waals surface area contributed by atoms with Gasteiger partial charge in [0.25, 0.3) is 0 Å². The average Bonchev–Trinajstić information content (AvgIpc) is 2.17. The molecule has 0 unspecified atom stereocenters. The van der Waals surface area contributed by atoms with Crippen LogP contribution in [-0.4, -0.2) is 40.3 Å². The smallest absolute Gasteiger partial charge is 0.0771 e. The summed E-state index contributed by atoms with van der Waals surface area (Å²) in [5.74, 6) is 0. The largest absolute Gasteiger partial charge is 0.309 e. The lowest BCUT2D eigenvalue weighted by Gasteiger charge is -2.38. The highest BCUT2D eigenvalue weighted by atomic mass is 15.2. The molecule has 0 aromatic carbocycles. The number of nitrogens with one attached hydrogen (secondary N) is 1. The zero-order valence-corrected chi connectivity index (χ0v) is 9.40. The number of nitrogens with zero attached hydrogens (tertiary/aromatic N) is 3. The highest BCUT2D eigenvalue weighted by molar-refractivity contribution is 5.00. The molecule has 2 heterocycles. The maximum Gasteiger partial charge on any atom is 0.0771 e. The summed E-state index contributed by atoms with van der Waals surface area (Å²) in [6, 6.07) is 3.97. The van der Waals surface area contributed by atoms with Gasteiger partial charge in [-0.3, -0.25) is 4.90 Å². The third-order valence-corrected chi connectivity index (χ3v) is 2.66. The number of hydrogen-bond donors (Lipinski definition) is 1. The molecule has 1 aliphatic rings. The summed E-state index contributed by atoms with van der Waals surface area (Å²) in [6.45, 7) is 8.56. The highest BCUT2D eigenvalue weighted by Gasteiger charge is 2.25. The Kier molecular flexibility index (Phi) is 2.98. The van der Waals surface area contributed by atoms with E-state index < -0.39 is 0 Å². The molecule has 0 bridgehead atoms. The molecule has 1 aromatic rings. The van der Waals surface area contributed by atoms with E-state index in [1.807, 2.05) is 12.1 Å². The van der Waals surface area contributed by atoms with Gasteiger partial charge in [-0.15, -0.1) is 0 Å². The van der Waals surface area contributed by atoms with Crippen LogP contribution in [0.5, 0.6) is 0 Å². The van der Waals surface area contributed by atoms with Crippen molar-refractivity contribution in [1.82, 2.24) is 20.4 Å². The molecule has 1 aliphatic heterocycles. The van der Waals surface area contributed by atoms with Crippen LogP contribution in [0.1, 0.15) is 19.5 Å². The van der Waals surface area contributed by atoms with Crippen molar-refractivity contribution in [3.05, 3.63) is 24.0 Å². The van der Waals surface area contributed by atoms with E-state index in [-0.39, 0.29) is 5.54 Å². The third kappa shape index (κ3) is 2.97. The molecule has 2 rings (SSSR count). The summed E-state index contributed by atoms with van der Waals surface area (Å²) in [7, 11) is 0. The van der Waals surface area contributed by atoms with Gasteiger partial charge in [-0.2, -0.15) is 10.2 Å². The maximum atomic E-state index is 4.11. The van der Waals surface area contributed by atoms with Gasteiger partial charge < -0.3 is 5.32 Å². The third-order valence-electron chi connectivity index (χ3n) is 2.66. The van der Waals surface area contributed by atoms with Gasteiger partial charge in [0.1, 0.15) is 0 Å². The number of piperazine rings is 1. The fraction of sp³-hybridized carbons (Fsp3) is 0.636. The van der Waals surface area contributed by atoms with E-state index in [2.05, 4.69) is 34.3 Å². The Morgan fingerprint density at radius 1 is 1.53 bits per heavy atom. The lowest BCUT2D eigenvalue weighted by molar-refractivity contribution is 0.146. The second-order valence-electron chi connectivity index (χ2n) is 4.74. The molecule has 0 amide bonds. The quantitative estimate of drug-likeness (QED) is 0.772. The predicted octanol–water partition coefficient (Wildman–Crippen LogP) is 0.660. The molecule has 0 saturated carbocycles. The van der Waals surface area contributed by atoms with Crippen molar-refractivity contribution in [1.29, 1.82) is 0 Å². The zero-order valence-electron chi connectivity index (χ0n) is 9.40. The Hall–Kier alpha value is -1.00. The van der Waals surface area contributed by atoms with Crippen molar-refractivity contribution in [2.24, 2.45) is 0 Å². The van der Waals surface area contributed by atoms with Crippen LogP contribution >= 0.6 is 0 Å². The van der Waals surface area contributed by atoms with E-state index in [1.165, 1.54) is 0 Å². The first-order valence-electron chi connectivity index (χ1n) is 5.40. The van der Waals surface area contributed by atoms with E-state index >= 15 is 0 Å². The van der Waals surface area contributed by atoms with Crippen molar-refractivity contribution >= 4 is 0 Å². The van der Waals surface area contributed by atoms with E-state index in [0.717, 1.165) is 31.9 Å². The van der Waals surface area contributed by atoms with Crippen LogP contribution in [0.2, 0.25) is 0 Å². The molecule has 0 radical (unpaired) electrons. The number of aromatic nitrogens is 2. The van der Waals surface area contributed by atoms with Gasteiger partial charge in [-0.05, 0) is 26.0 Å². The molecule has 0 atom stereocenters. The fourth-order valence-electron chi connectivity index (χ4n) is 2.03. The SMILES string of the molecule is CC1(C)CN(Cc2cccnn2)CCN1. The van der Waals surface area contributed by atoms with E-state index in [9.17, 15) is 0 Å². The number of hydrogen-bond acceptors (Lipinski definition) is 4. The first kappa shape index (κ1) is 10.5. The Morgan fingerprint density at radius 2 is 2.40 bits per heavy atom. The molecule has 15 heavy (non-hydrogen) atoms.